The minimum atomic E-state index is -4.41. The van der Waals surface area contributed by atoms with Gasteiger partial charge in [-0.2, -0.15) is 0 Å². The van der Waals surface area contributed by atoms with Crippen LogP contribution in [0.5, 0.6) is 5.75 Å². The third-order valence-corrected chi connectivity index (χ3v) is 5.55. The number of rotatable bonds is 19. The van der Waals surface area contributed by atoms with E-state index in [4.69, 9.17) is 18.9 Å². The van der Waals surface area contributed by atoms with E-state index in [9.17, 15) is 13.0 Å². The van der Waals surface area contributed by atoms with E-state index in [1.807, 2.05) is 12.1 Å². The fourth-order valence-electron chi connectivity index (χ4n) is 2.76. The van der Waals surface area contributed by atoms with Crippen molar-refractivity contribution in [1.82, 2.24) is 0 Å². The van der Waals surface area contributed by atoms with Gasteiger partial charge in [0, 0.05) is 0 Å². The summed E-state index contributed by atoms with van der Waals surface area (Å²) in [6.45, 7) is 5.34. The van der Waals surface area contributed by atoms with E-state index in [-0.39, 0.29) is 42.8 Å². The first-order chi connectivity index (χ1) is 14.4. The predicted octanol–water partition coefficient (Wildman–Crippen LogP) is 0.913. The molecule has 1 unspecified atom stereocenters. The summed E-state index contributed by atoms with van der Waals surface area (Å²) in [7, 11) is -4.41. The Morgan fingerprint density at radius 1 is 0.839 bits per heavy atom. The minimum absolute atomic E-state index is 0. The van der Waals surface area contributed by atoms with E-state index < -0.39 is 15.6 Å². The van der Waals surface area contributed by atoms with Crippen molar-refractivity contribution in [1.29, 1.82) is 0 Å². The molecule has 0 spiro atoms. The van der Waals surface area contributed by atoms with Crippen LogP contribution in [0.3, 0.4) is 0 Å². The fourth-order valence-corrected chi connectivity index (χ4v) is 3.02. The Morgan fingerprint density at radius 3 is 2.00 bits per heavy atom. The molecule has 0 radical (unpaired) electrons. The van der Waals surface area contributed by atoms with Crippen molar-refractivity contribution in [2.75, 3.05) is 39.6 Å². The van der Waals surface area contributed by atoms with Crippen LogP contribution in [-0.2, 0) is 30.7 Å². The zero-order chi connectivity index (χ0) is 22.1. The Balaban J connectivity index is 0.00000900. The van der Waals surface area contributed by atoms with Crippen LogP contribution in [0.15, 0.2) is 24.3 Å². The molecule has 1 atom stereocenters. The molecular weight excluding hydrogens is 431 g/mol. The van der Waals surface area contributed by atoms with Crippen molar-refractivity contribution in [2.45, 2.75) is 64.2 Å². The largest absolute Gasteiger partial charge is 1.00 e. The van der Waals surface area contributed by atoms with E-state index in [2.05, 4.69) is 19.1 Å². The minimum Gasteiger partial charge on any atom is -0.746 e. The second-order valence-electron chi connectivity index (χ2n) is 7.17. The van der Waals surface area contributed by atoms with Gasteiger partial charge in [0.15, 0.2) is 0 Å². The van der Waals surface area contributed by atoms with Gasteiger partial charge in [-0.3, -0.25) is 0 Å². The number of hydrogen-bond donors (Lipinski definition) is 0. The number of aryl methyl sites for hydroxylation is 1. The third-order valence-electron chi connectivity index (χ3n) is 4.60. The normalized spacial score (nSPS) is 12.4. The zero-order valence-electron chi connectivity index (χ0n) is 19.3. The molecule has 174 valence electrons. The summed E-state index contributed by atoms with van der Waals surface area (Å²) in [5, 5.41) is 0. The molecule has 0 aliphatic rings. The van der Waals surface area contributed by atoms with Gasteiger partial charge >= 0.3 is 29.6 Å². The molecule has 1 aromatic carbocycles. The van der Waals surface area contributed by atoms with Crippen molar-refractivity contribution in [3.05, 3.63) is 29.8 Å². The van der Waals surface area contributed by atoms with E-state index >= 15 is 0 Å². The van der Waals surface area contributed by atoms with Crippen LogP contribution in [0, 0.1) is 0 Å². The number of unbranched alkanes of at least 4 members (excludes halogenated alkanes) is 5. The van der Waals surface area contributed by atoms with E-state index in [0.717, 1.165) is 12.2 Å². The van der Waals surface area contributed by atoms with Crippen molar-refractivity contribution in [3.63, 3.8) is 0 Å². The van der Waals surface area contributed by atoms with Gasteiger partial charge in [-0.25, -0.2) is 8.42 Å². The van der Waals surface area contributed by atoms with Gasteiger partial charge in [0.2, 0.25) is 0 Å². The fraction of sp³-hybridized carbons (Fsp3) is 0.727. The van der Waals surface area contributed by atoms with Crippen LogP contribution in [0.1, 0.15) is 57.9 Å². The zero-order valence-corrected chi connectivity index (χ0v) is 22.2. The van der Waals surface area contributed by atoms with Gasteiger partial charge in [-0.15, -0.1) is 0 Å². The number of benzene rings is 1. The van der Waals surface area contributed by atoms with Gasteiger partial charge in [-0.05, 0) is 37.5 Å². The van der Waals surface area contributed by atoms with Crippen molar-refractivity contribution in [3.8, 4) is 5.75 Å². The molecule has 0 N–H and O–H groups in total. The smallest absolute Gasteiger partial charge is 0.746 e. The average Bonchev–Trinajstić information content (AvgIpc) is 2.72. The molecule has 0 heterocycles. The molecule has 0 bridgehead atoms. The first kappa shape index (κ1) is 30.8. The molecule has 0 amide bonds. The van der Waals surface area contributed by atoms with Crippen LogP contribution in [0.4, 0.5) is 0 Å². The van der Waals surface area contributed by atoms with Gasteiger partial charge in [0.05, 0.1) is 33.0 Å². The molecule has 7 nitrogen and oxygen atoms in total. The first-order valence-corrected chi connectivity index (χ1v) is 12.3. The molecule has 9 heteroatoms. The van der Waals surface area contributed by atoms with Crippen LogP contribution in [0.2, 0.25) is 0 Å². The summed E-state index contributed by atoms with van der Waals surface area (Å²) in [6, 6.07) is 8.24. The van der Waals surface area contributed by atoms with E-state index in [1.54, 1.807) is 0 Å². The van der Waals surface area contributed by atoms with Crippen LogP contribution in [-0.4, -0.2) is 58.0 Å². The SMILES string of the molecule is CCCCCCCCc1ccc(OCCOCCOCCOC(C)S(=O)(=O)[O-])cc1.[Na+]. The number of hydrogen-bond acceptors (Lipinski definition) is 7. The topological polar surface area (TPSA) is 94.1 Å². The van der Waals surface area contributed by atoms with Crippen LogP contribution in [0.25, 0.3) is 0 Å². The maximum Gasteiger partial charge on any atom is 1.00 e. The molecule has 1 aromatic rings. The Hall–Kier alpha value is -0.190. The Bertz CT molecular complexity index is 638. The quantitative estimate of drug-likeness (QED) is 0.169. The predicted molar refractivity (Wildman–Crippen MR) is 116 cm³/mol. The van der Waals surface area contributed by atoms with Crippen molar-refractivity contribution in [2.24, 2.45) is 0 Å². The van der Waals surface area contributed by atoms with E-state index in [0.29, 0.717) is 26.4 Å². The molecule has 0 aliphatic carbocycles. The standard InChI is InChI=1S/C22H38O7S.Na/c1-3-4-5-6-7-8-9-21-10-12-22(13-11-21)29-19-17-27-15-14-26-16-18-28-20(2)30(23,24)25;/h10-13,20H,3-9,14-19H2,1-2H3,(H,23,24,25);/q;+1/p-1. The van der Waals surface area contributed by atoms with Crippen LogP contribution >= 0.6 is 0 Å². The molecule has 0 saturated heterocycles. The molecular formula is C22H37NaO7S. The second kappa shape index (κ2) is 19.3. The summed E-state index contributed by atoms with van der Waals surface area (Å²) in [5.41, 5.74) is -0.0171. The van der Waals surface area contributed by atoms with Gasteiger partial charge < -0.3 is 23.5 Å². The first-order valence-electron chi connectivity index (χ1n) is 10.9. The molecule has 0 fully saturated rings. The molecule has 0 saturated carbocycles. The molecule has 1 rings (SSSR count). The second-order valence-corrected chi connectivity index (χ2v) is 8.82. The maximum atomic E-state index is 10.6. The summed E-state index contributed by atoms with van der Waals surface area (Å²) in [5.74, 6) is 0.834. The summed E-state index contributed by atoms with van der Waals surface area (Å²) < 4.78 is 53.1. The molecule has 0 aliphatic heterocycles. The monoisotopic (exact) mass is 468 g/mol. The molecule has 31 heavy (non-hydrogen) atoms. The van der Waals surface area contributed by atoms with Crippen LogP contribution < -0.4 is 34.3 Å². The summed E-state index contributed by atoms with van der Waals surface area (Å²) in [4.78, 5) is 0. The van der Waals surface area contributed by atoms with E-state index in [1.165, 1.54) is 51.0 Å². The van der Waals surface area contributed by atoms with Crippen molar-refractivity contribution >= 4 is 10.1 Å². The van der Waals surface area contributed by atoms with Gasteiger partial charge in [0.25, 0.3) is 0 Å². The Kier molecular flexibility index (Phi) is 19.2. The number of ether oxygens (including phenoxy) is 4. The third kappa shape index (κ3) is 17.0. The Labute approximate surface area is 210 Å². The average molecular weight is 469 g/mol. The van der Waals surface area contributed by atoms with Crippen molar-refractivity contribution < 1.29 is 61.5 Å². The summed E-state index contributed by atoms with van der Waals surface area (Å²) in [6.07, 6.45) is 8.96. The van der Waals surface area contributed by atoms with Gasteiger partial charge in [-0.1, -0.05) is 51.2 Å². The summed E-state index contributed by atoms with van der Waals surface area (Å²) >= 11 is 0. The Morgan fingerprint density at radius 2 is 1.39 bits per heavy atom. The van der Waals surface area contributed by atoms with Gasteiger partial charge in [0.1, 0.15) is 27.9 Å². The molecule has 0 aromatic heterocycles. The maximum absolute atomic E-state index is 10.6.